The molecular weight excluding hydrogens is 182 g/mol. The quantitative estimate of drug-likeness (QED) is 0.743. The maximum atomic E-state index is 3.33. The molecular formula is C14H27N. The Morgan fingerprint density at radius 3 is 2.47 bits per heavy atom. The van der Waals surface area contributed by atoms with Gasteiger partial charge in [-0.15, -0.1) is 0 Å². The van der Waals surface area contributed by atoms with E-state index in [0.29, 0.717) is 5.92 Å². The standard InChI is InChI=1S/C12H19N.C2H6.H2/c1-4-10(3)11-7-6-8-12(9-11)13-5-2;1-2;/h6-10,13H,4-5H2,1-3H3;1-2H3;1H. The van der Waals surface area contributed by atoms with Crippen molar-refractivity contribution in [2.45, 2.75) is 47.0 Å². The molecule has 0 aliphatic carbocycles. The molecule has 1 atom stereocenters. The second-order valence-electron chi connectivity index (χ2n) is 3.47. The van der Waals surface area contributed by atoms with Gasteiger partial charge in [0.1, 0.15) is 0 Å². The molecule has 0 bridgehead atoms. The second-order valence-corrected chi connectivity index (χ2v) is 3.47. The van der Waals surface area contributed by atoms with Crippen LogP contribution in [0.5, 0.6) is 0 Å². The summed E-state index contributed by atoms with van der Waals surface area (Å²) in [5.41, 5.74) is 2.67. The van der Waals surface area contributed by atoms with Gasteiger partial charge in [-0.25, -0.2) is 0 Å². The van der Waals surface area contributed by atoms with Crippen molar-refractivity contribution in [3.63, 3.8) is 0 Å². The molecule has 1 heteroatoms. The van der Waals surface area contributed by atoms with Crippen molar-refractivity contribution in [1.29, 1.82) is 0 Å². The fourth-order valence-electron chi connectivity index (χ4n) is 1.39. The first kappa shape index (κ1) is 14.0. The first-order chi connectivity index (χ1) is 7.27. The van der Waals surface area contributed by atoms with Gasteiger partial charge in [0.25, 0.3) is 0 Å². The first-order valence-corrected chi connectivity index (χ1v) is 6.11. The molecule has 1 N–H and O–H groups in total. The Bertz CT molecular complexity index is 261. The van der Waals surface area contributed by atoms with Crippen LogP contribution in [0.4, 0.5) is 5.69 Å². The van der Waals surface area contributed by atoms with Crippen LogP contribution in [0, 0.1) is 0 Å². The third kappa shape index (κ3) is 4.87. The van der Waals surface area contributed by atoms with Gasteiger partial charge >= 0.3 is 0 Å². The lowest BCUT2D eigenvalue weighted by Crippen LogP contribution is -1.98. The summed E-state index contributed by atoms with van der Waals surface area (Å²) < 4.78 is 0. The van der Waals surface area contributed by atoms with Crippen molar-refractivity contribution in [2.24, 2.45) is 0 Å². The van der Waals surface area contributed by atoms with E-state index in [2.05, 4.69) is 50.4 Å². The monoisotopic (exact) mass is 209 g/mol. The lowest BCUT2D eigenvalue weighted by atomic mass is 9.98. The zero-order valence-corrected chi connectivity index (χ0v) is 10.8. The highest BCUT2D eigenvalue weighted by Crippen LogP contribution is 2.21. The van der Waals surface area contributed by atoms with Crippen molar-refractivity contribution < 1.29 is 1.43 Å². The molecule has 0 aliphatic heterocycles. The van der Waals surface area contributed by atoms with E-state index in [4.69, 9.17) is 0 Å². The van der Waals surface area contributed by atoms with Gasteiger partial charge in [0.05, 0.1) is 0 Å². The highest BCUT2D eigenvalue weighted by atomic mass is 14.8. The van der Waals surface area contributed by atoms with E-state index in [-0.39, 0.29) is 1.43 Å². The second kappa shape index (κ2) is 8.34. The summed E-state index contributed by atoms with van der Waals surface area (Å²) in [6, 6.07) is 8.70. The van der Waals surface area contributed by atoms with E-state index in [1.165, 1.54) is 17.7 Å². The predicted molar refractivity (Wildman–Crippen MR) is 72.8 cm³/mol. The largest absolute Gasteiger partial charge is 0.385 e. The molecule has 0 radical (unpaired) electrons. The van der Waals surface area contributed by atoms with E-state index in [1.54, 1.807) is 0 Å². The molecule has 15 heavy (non-hydrogen) atoms. The SMILES string of the molecule is CC.CCNc1cccc(C(C)CC)c1.[HH]. The molecule has 0 aliphatic rings. The minimum absolute atomic E-state index is 0. The third-order valence-corrected chi connectivity index (χ3v) is 2.45. The Labute approximate surface area is 96.4 Å². The summed E-state index contributed by atoms with van der Waals surface area (Å²) in [4.78, 5) is 0. The average Bonchev–Trinajstić information content (AvgIpc) is 2.31. The number of hydrogen-bond acceptors (Lipinski definition) is 1. The van der Waals surface area contributed by atoms with Crippen molar-refractivity contribution >= 4 is 5.69 Å². The number of rotatable bonds is 4. The Hall–Kier alpha value is -0.980. The van der Waals surface area contributed by atoms with E-state index in [1.807, 2.05) is 13.8 Å². The van der Waals surface area contributed by atoms with Gasteiger partial charge in [0, 0.05) is 13.7 Å². The molecule has 0 aromatic heterocycles. The fraction of sp³-hybridized carbons (Fsp3) is 0.571. The normalized spacial score (nSPS) is 11.3. The molecule has 0 spiro atoms. The molecule has 0 fully saturated rings. The maximum absolute atomic E-state index is 3.33. The summed E-state index contributed by atoms with van der Waals surface area (Å²) in [5, 5.41) is 3.33. The van der Waals surface area contributed by atoms with Crippen LogP contribution in [0.1, 0.15) is 53.9 Å². The van der Waals surface area contributed by atoms with Gasteiger partial charge in [-0.3, -0.25) is 0 Å². The van der Waals surface area contributed by atoms with Gasteiger partial charge in [-0.1, -0.05) is 39.8 Å². The van der Waals surface area contributed by atoms with Crippen LogP contribution in [0.15, 0.2) is 24.3 Å². The van der Waals surface area contributed by atoms with E-state index >= 15 is 0 Å². The molecule has 88 valence electrons. The fourth-order valence-corrected chi connectivity index (χ4v) is 1.39. The van der Waals surface area contributed by atoms with Crippen molar-refractivity contribution in [1.82, 2.24) is 0 Å². The Morgan fingerprint density at radius 2 is 1.93 bits per heavy atom. The number of anilines is 1. The van der Waals surface area contributed by atoms with Crippen LogP contribution in [0.3, 0.4) is 0 Å². The number of hydrogen-bond donors (Lipinski definition) is 1. The van der Waals surface area contributed by atoms with Gasteiger partial charge in [0.2, 0.25) is 0 Å². The Morgan fingerprint density at radius 1 is 1.27 bits per heavy atom. The Kier molecular flexibility index (Phi) is 7.79. The van der Waals surface area contributed by atoms with E-state index < -0.39 is 0 Å². The first-order valence-electron chi connectivity index (χ1n) is 6.11. The molecule has 1 unspecified atom stereocenters. The summed E-state index contributed by atoms with van der Waals surface area (Å²) in [7, 11) is 0. The van der Waals surface area contributed by atoms with Gasteiger partial charge in [0.15, 0.2) is 0 Å². The molecule has 0 amide bonds. The molecule has 1 aromatic carbocycles. The van der Waals surface area contributed by atoms with Gasteiger partial charge in [-0.2, -0.15) is 0 Å². The summed E-state index contributed by atoms with van der Waals surface area (Å²) >= 11 is 0. The van der Waals surface area contributed by atoms with Crippen molar-refractivity contribution in [2.75, 3.05) is 11.9 Å². The topological polar surface area (TPSA) is 12.0 Å². The molecule has 1 aromatic rings. The smallest absolute Gasteiger partial charge is 0.0342 e. The summed E-state index contributed by atoms with van der Waals surface area (Å²) in [6.07, 6.45) is 1.20. The van der Waals surface area contributed by atoms with Gasteiger partial charge in [-0.05, 0) is 37.0 Å². The van der Waals surface area contributed by atoms with Gasteiger partial charge < -0.3 is 5.32 Å². The lowest BCUT2D eigenvalue weighted by Gasteiger charge is -2.11. The molecule has 1 rings (SSSR count). The summed E-state index contributed by atoms with van der Waals surface area (Å²) in [5.74, 6) is 0.665. The zero-order chi connectivity index (χ0) is 11.7. The predicted octanol–water partition coefficient (Wildman–Crippen LogP) is 4.90. The van der Waals surface area contributed by atoms with Crippen LogP contribution in [0.2, 0.25) is 0 Å². The van der Waals surface area contributed by atoms with E-state index in [9.17, 15) is 0 Å². The van der Waals surface area contributed by atoms with Crippen LogP contribution in [0.25, 0.3) is 0 Å². The van der Waals surface area contributed by atoms with Crippen LogP contribution in [-0.4, -0.2) is 6.54 Å². The maximum Gasteiger partial charge on any atom is 0.0342 e. The molecule has 0 saturated carbocycles. The zero-order valence-electron chi connectivity index (χ0n) is 10.8. The summed E-state index contributed by atoms with van der Waals surface area (Å²) in [6.45, 7) is 11.6. The number of nitrogens with one attached hydrogen (secondary N) is 1. The number of benzene rings is 1. The van der Waals surface area contributed by atoms with Crippen LogP contribution < -0.4 is 5.32 Å². The Balaban J connectivity index is 0. The third-order valence-electron chi connectivity index (χ3n) is 2.45. The molecule has 1 nitrogen and oxygen atoms in total. The highest BCUT2D eigenvalue weighted by Gasteiger charge is 2.02. The minimum atomic E-state index is 0. The lowest BCUT2D eigenvalue weighted by molar-refractivity contribution is 0.734. The minimum Gasteiger partial charge on any atom is -0.385 e. The van der Waals surface area contributed by atoms with Crippen LogP contribution >= 0.6 is 0 Å². The molecule has 0 saturated heterocycles. The highest BCUT2D eigenvalue weighted by molar-refractivity contribution is 5.46. The average molecular weight is 209 g/mol. The van der Waals surface area contributed by atoms with Crippen LogP contribution in [-0.2, 0) is 0 Å². The molecule has 0 heterocycles. The van der Waals surface area contributed by atoms with Crippen molar-refractivity contribution in [3.05, 3.63) is 29.8 Å². The van der Waals surface area contributed by atoms with Crippen molar-refractivity contribution in [3.8, 4) is 0 Å². The van der Waals surface area contributed by atoms with E-state index in [0.717, 1.165) is 6.54 Å².